The minimum absolute atomic E-state index is 0.114. The highest BCUT2D eigenvalue weighted by atomic mass is 35.5. The number of nitrogens with zero attached hydrogens (tertiary/aromatic N) is 1. The van der Waals surface area contributed by atoms with E-state index in [0.29, 0.717) is 46.3 Å². The highest BCUT2D eigenvalue weighted by molar-refractivity contribution is 6.33. The first-order valence-corrected chi connectivity index (χ1v) is 11.5. The molecule has 2 N–H and O–H groups in total. The molecule has 0 aliphatic rings. The summed E-state index contributed by atoms with van der Waals surface area (Å²) >= 11 is 6.24. The summed E-state index contributed by atoms with van der Waals surface area (Å²) in [6.07, 6.45) is 0.632. The van der Waals surface area contributed by atoms with Crippen molar-refractivity contribution in [2.45, 2.75) is 13.0 Å². The van der Waals surface area contributed by atoms with Crippen LogP contribution in [0.15, 0.2) is 77.6 Å². The van der Waals surface area contributed by atoms with Gasteiger partial charge in [0, 0.05) is 23.6 Å². The SMILES string of the molecule is COc1cc2cc(CN(CCc3ccccc3)C(=O)Nc3ccccc3Cl)c(=O)[nH]c2cc1OC. The minimum Gasteiger partial charge on any atom is -0.493 e. The van der Waals surface area contributed by atoms with Gasteiger partial charge in [-0.3, -0.25) is 4.79 Å². The third kappa shape index (κ3) is 5.75. The number of methoxy groups -OCH3 is 2. The monoisotopic (exact) mass is 491 g/mol. The van der Waals surface area contributed by atoms with Gasteiger partial charge in [-0.2, -0.15) is 0 Å². The van der Waals surface area contributed by atoms with E-state index in [-0.39, 0.29) is 18.1 Å². The van der Waals surface area contributed by atoms with E-state index in [0.717, 1.165) is 10.9 Å². The molecule has 7 nitrogen and oxygen atoms in total. The summed E-state index contributed by atoms with van der Waals surface area (Å²) in [6, 6.07) is 21.9. The number of rotatable bonds is 8. The Morgan fingerprint density at radius 3 is 2.37 bits per heavy atom. The molecule has 1 heterocycles. The van der Waals surface area contributed by atoms with Crippen molar-refractivity contribution in [3.05, 3.63) is 99.3 Å². The highest BCUT2D eigenvalue weighted by Gasteiger charge is 2.18. The Bertz CT molecular complexity index is 1390. The fourth-order valence-corrected chi connectivity index (χ4v) is 4.00. The molecule has 35 heavy (non-hydrogen) atoms. The summed E-state index contributed by atoms with van der Waals surface area (Å²) < 4.78 is 10.7. The molecule has 180 valence electrons. The van der Waals surface area contributed by atoms with Gasteiger partial charge < -0.3 is 24.7 Å². The molecule has 0 aliphatic heterocycles. The summed E-state index contributed by atoms with van der Waals surface area (Å²) in [5, 5.41) is 4.07. The van der Waals surface area contributed by atoms with Gasteiger partial charge in [-0.15, -0.1) is 0 Å². The second-order valence-electron chi connectivity index (χ2n) is 7.99. The first-order chi connectivity index (χ1) is 17.0. The van der Waals surface area contributed by atoms with Crippen LogP contribution in [0.1, 0.15) is 11.1 Å². The maximum absolute atomic E-state index is 13.3. The van der Waals surface area contributed by atoms with Crippen molar-refractivity contribution in [2.75, 3.05) is 26.1 Å². The molecule has 3 aromatic carbocycles. The average molecular weight is 492 g/mol. The molecule has 0 unspecified atom stereocenters. The van der Waals surface area contributed by atoms with Crippen LogP contribution in [0, 0.1) is 0 Å². The van der Waals surface area contributed by atoms with Gasteiger partial charge in [0.25, 0.3) is 5.56 Å². The maximum atomic E-state index is 13.3. The Kier molecular flexibility index (Phi) is 7.57. The zero-order valence-electron chi connectivity index (χ0n) is 19.5. The van der Waals surface area contributed by atoms with Crippen molar-refractivity contribution in [3.63, 3.8) is 0 Å². The number of amides is 2. The Labute approximate surface area is 208 Å². The lowest BCUT2D eigenvalue weighted by molar-refractivity contribution is 0.209. The van der Waals surface area contributed by atoms with Crippen molar-refractivity contribution in [2.24, 2.45) is 0 Å². The molecule has 0 saturated heterocycles. The van der Waals surface area contributed by atoms with Crippen molar-refractivity contribution < 1.29 is 14.3 Å². The number of aromatic amines is 1. The molecule has 8 heteroatoms. The number of carbonyl (C=O) groups excluding carboxylic acids is 1. The van der Waals surface area contributed by atoms with Gasteiger partial charge in [-0.05, 0) is 36.2 Å². The molecular formula is C27H26ClN3O4. The third-order valence-corrected chi connectivity index (χ3v) is 6.03. The van der Waals surface area contributed by atoms with E-state index in [9.17, 15) is 9.59 Å². The van der Waals surface area contributed by atoms with Crippen molar-refractivity contribution in [1.29, 1.82) is 0 Å². The van der Waals surface area contributed by atoms with Gasteiger partial charge in [0.05, 0.1) is 37.0 Å². The lowest BCUT2D eigenvalue weighted by Gasteiger charge is -2.23. The van der Waals surface area contributed by atoms with Crippen LogP contribution < -0.4 is 20.3 Å². The quantitative estimate of drug-likeness (QED) is 0.342. The van der Waals surface area contributed by atoms with E-state index >= 15 is 0 Å². The van der Waals surface area contributed by atoms with Gasteiger partial charge >= 0.3 is 6.03 Å². The second-order valence-corrected chi connectivity index (χ2v) is 8.39. The number of aromatic nitrogens is 1. The van der Waals surface area contributed by atoms with Crippen LogP contribution in [-0.2, 0) is 13.0 Å². The Morgan fingerprint density at radius 2 is 1.66 bits per heavy atom. The zero-order valence-corrected chi connectivity index (χ0v) is 20.3. The van der Waals surface area contributed by atoms with Crippen molar-refractivity contribution in [1.82, 2.24) is 9.88 Å². The molecule has 0 atom stereocenters. The molecule has 0 fully saturated rings. The van der Waals surface area contributed by atoms with Crippen LogP contribution in [0.5, 0.6) is 11.5 Å². The van der Waals surface area contributed by atoms with Gasteiger partial charge in [-0.1, -0.05) is 54.1 Å². The first-order valence-electron chi connectivity index (χ1n) is 11.1. The number of para-hydroxylation sites is 1. The van der Waals surface area contributed by atoms with Crippen LogP contribution in [0.25, 0.3) is 10.9 Å². The smallest absolute Gasteiger partial charge is 0.322 e. The molecule has 0 radical (unpaired) electrons. The number of anilines is 1. The molecule has 1 aromatic heterocycles. The lowest BCUT2D eigenvalue weighted by Crippen LogP contribution is -2.37. The molecule has 0 saturated carbocycles. The predicted octanol–water partition coefficient (Wildman–Crippen LogP) is 5.48. The van der Waals surface area contributed by atoms with Gasteiger partial charge in [0.2, 0.25) is 0 Å². The summed E-state index contributed by atoms with van der Waals surface area (Å²) in [5.74, 6) is 1.07. The standard InChI is InChI=1S/C27H26ClN3O4/c1-34-24-15-19-14-20(26(32)29-23(19)16-25(24)35-2)17-31(13-12-18-8-4-3-5-9-18)27(33)30-22-11-7-6-10-21(22)28/h3-11,14-16H,12-13,17H2,1-2H3,(H,29,32)(H,30,33). The van der Waals surface area contributed by atoms with E-state index in [4.69, 9.17) is 21.1 Å². The normalized spacial score (nSPS) is 10.7. The zero-order chi connectivity index (χ0) is 24.8. The van der Waals surface area contributed by atoms with Gasteiger partial charge in [0.15, 0.2) is 11.5 Å². The lowest BCUT2D eigenvalue weighted by atomic mass is 10.1. The second kappa shape index (κ2) is 11.0. The Morgan fingerprint density at radius 1 is 0.971 bits per heavy atom. The van der Waals surface area contributed by atoms with Crippen molar-refractivity contribution in [3.8, 4) is 11.5 Å². The van der Waals surface area contributed by atoms with E-state index in [1.807, 2.05) is 30.3 Å². The van der Waals surface area contributed by atoms with E-state index in [2.05, 4.69) is 10.3 Å². The number of pyridine rings is 1. The van der Waals surface area contributed by atoms with E-state index < -0.39 is 0 Å². The summed E-state index contributed by atoms with van der Waals surface area (Å²) in [7, 11) is 3.10. The van der Waals surface area contributed by atoms with Crippen LogP contribution >= 0.6 is 11.6 Å². The van der Waals surface area contributed by atoms with Crippen LogP contribution in [0.3, 0.4) is 0 Å². The molecule has 4 aromatic rings. The number of H-pyrrole nitrogens is 1. The number of urea groups is 1. The number of benzene rings is 3. The number of hydrogen-bond acceptors (Lipinski definition) is 4. The number of hydrogen-bond donors (Lipinski definition) is 2. The van der Waals surface area contributed by atoms with Crippen LogP contribution in [0.2, 0.25) is 5.02 Å². The molecule has 2 amide bonds. The van der Waals surface area contributed by atoms with Gasteiger partial charge in [0.1, 0.15) is 0 Å². The molecular weight excluding hydrogens is 466 g/mol. The van der Waals surface area contributed by atoms with Crippen LogP contribution in [0.4, 0.5) is 10.5 Å². The van der Waals surface area contributed by atoms with E-state index in [1.54, 1.807) is 61.6 Å². The number of nitrogens with one attached hydrogen (secondary N) is 2. The van der Waals surface area contributed by atoms with Gasteiger partial charge in [-0.25, -0.2) is 4.79 Å². The van der Waals surface area contributed by atoms with E-state index in [1.165, 1.54) is 0 Å². The third-order valence-electron chi connectivity index (χ3n) is 5.70. The first kappa shape index (κ1) is 24.2. The number of halogens is 1. The Hall–Kier alpha value is -3.97. The summed E-state index contributed by atoms with van der Waals surface area (Å²) in [4.78, 5) is 30.7. The largest absolute Gasteiger partial charge is 0.493 e. The molecule has 0 spiro atoms. The summed E-state index contributed by atoms with van der Waals surface area (Å²) in [5.41, 5.74) is 2.39. The highest BCUT2D eigenvalue weighted by Crippen LogP contribution is 2.31. The molecule has 0 bridgehead atoms. The van der Waals surface area contributed by atoms with Crippen molar-refractivity contribution >= 4 is 34.2 Å². The van der Waals surface area contributed by atoms with Crippen LogP contribution in [-0.4, -0.2) is 36.7 Å². The summed E-state index contributed by atoms with van der Waals surface area (Å²) in [6.45, 7) is 0.520. The number of carbonyl (C=O) groups is 1. The average Bonchev–Trinajstić information content (AvgIpc) is 2.87. The fourth-order valence-electron chi connectivity index (χ4n) is 3.82. The molecule has 0 aliphatic carbocycles. The fraction of sp³-hybridized carbons (Fsp3) is 0.185. The maximum Gasteiger partial charge on any atom is 0.322 e. The number of fused-ring (bicyclic) bond motifs is 1. The minimum atomic E-state index is -0.346. The molecule has 4 rings (SSSR count). The predicted molar refractivity (Wildman–Crippen MR) is 139 cm³/mol. The topological polar surface area (TPSA) is 83.7 Å². The Balaban J connectivity index is 1.64. The number of ether oxygens (including phenoxy) is 2.